The van der Waals surface area contributed by atoms with Crippen molar-refractivity contribution in [3.63, 3.8) is 0 Å². The summed E-state index contributed by atoms with van der Waals surface area (Å²) in [4.78, 5) is 10.7. The molecule has 1 N–H and O–H groups in total. The van der Waals surface area contributed by atoms with Crippen LogP contribution in [0, 0.1) is 0 Å². The lowest BCUT2D eigenvalue weighted by Crippen LogP contribution is -2.10. The van der Waals surface area contributed by atoms with Crippen LogP contribution in [0.4, 0.5) is 0 Å². The molecule has 6 heteroatoms. The first-order valence-electron chi connectivity index (χ1n) is 5.28. The number of aromatic carboxylic acids is 1. The maximum atomic E-state index is 10.7. The molecule has 0 radical (unpaired) electrons. The zero-order valence-electron chi connectivity index (χ0n) is 9.25. The summed E-state index contributed by atoms with van der Waals surface area (Å²) >= 11 is 0. The first-order valence-corrected chi connectivity index (χ1v) is 5.28. The molecule has 6 nitrogen and oxygen atoms in total. The van der Waals surface area contributed by atoms with E-state index in [1.165, 1.54) is 6.07 Å². The predicted octanol–water partition coefficient (Wildman–Crippen LogP) is 1.91. The lowest BCUT2D eigenvalue weighted by Gasteiger charge is -2.17. The Morgan fingerprint density at radius 3 is 3.00 bits per heavy atom. The van der Waals surface area contributed by atoms with Crippen LogP contribution in [-0.2, 0) is 11.3 Å². The molecule has 0 bridgehead atoms. The highest BCUT2D eigenvalue weighted by Gasteiger charge is 2.15. The topological polar surface area (TPSA) is 81.8 Å². The number of ether oxygens (including phenoxy) is 2. The van der Waals surface area contributed by atoms with E-state index in [1.807, 2.05) is 6.07 Å². The molecule has 18 heavy (non-hydrogen) atoms. The smallest absolute Gasteiger partial charge is 0.358 e. The Bertz CT molecular complexity index is 604. The average molecular weight is 247 g/mol. The molecular formula is C12H9NO5. The number of aromatic nitrogens is 1. The SMILES string of the molecule is O=C(O)c1cc(-c2ccc3c(c2)COCO3)on1. The van der Waals surface area contributed by atoms with Crippen molar-refractivity contribution in [2.45, 2.75) is 6.61 Å². The van der Waals surface area contributed by atoms with Crippen molar-refractivity contribution in [3.05, 3.63) is 35.5 Å². The number of carboxylic acid groups (broad SMARTS) is 1. The second-order valence-corrected chi connectivity index (χ2v) is 3.81. The zero-order chi connectivity index (χ0) is 12.5. The molecule has 1 aliphatic rings. The highest BCUT2D eigenvalue weighted by Crippen LogP contribution is 2.29. The van der Waals surface area contributed by atoms with E-state index < -0.39 is 5.97 Å². The Hall–Kier alpha value is -2.34. The molecule has 3 rings (SSSR count). The van der Waals surface area contributed by atoms with Crippen LogP contribution in [0.5, 0.6) is 5.75 Å². The Morgan fingerprint density at radius 1 is 1.33 bits per heavy atom. The van der Waals surface area contributed by atoms with Crippen molar-refractivity contribution in [2.24, 2.45) is 0 Å². The summed E-state index contributed by atoms with van der Waals surface area (Å²) in [6.07, 6.45) is 0. The van der Waals surface area contributed by atoms with E-state index >= 15 is 0 Å². The molecule has 1 aromatic carbocycles. The largest absolute Gasteiger partial charge is 0.476 e. The summed E-state index contributed by atoms with van der Waals surface area (Å²) in [7, 11) is 0. The van der Waals surface area contributed by atoms with Gasteiger partial charge in [-0.25, -0.2) is 4.79 Å². The van der Waals surface area contributed by atoms with Gasteiger partial charge in [-0.05, 0) is 18.2 Å². The maximum absolute atomic E-state index is 10.7. The minimum Gasteiger partial charge on any atom is -0.476 e. The first kappa shape index (κ1) is 10.8. The normalized spacial score (nSPS) is 13.8. The quantitative estimate of drug-likeness (QED) is 0.872. The Labute approximate surface area is 102 Å². The van der Waals surface area contributed by atoms with Crippen LogP contribution in [0.25, 0.3) is 11.3 Å². The van der Waals surface area contributed by atoms with Gasteiger partial charge in [0.15, 0.2) is 18.2 Å². The van der Waals surface area contributed by atoms with Gasteiger partial charge in [0.05, 0.1) is 6.61 Å². The van der Waals surface area contributed by atoms with Crippen molar-refractivity contribution < 1.29 is 23.9 Å². The van der Waals surface area contributed by atoms with E-state index in [0.717, 1.165) is 16.9 Å². The zero-order valence-corrected chi connectivity index (χ0v) is 9.25. The van der Waals surface area contributed by atoms with E-state index in [9.17, 15) is 4.79 Å². The fourth-order valence-corrected chi connectivity index (χ4v) is 1.76. The molecule has 0 saturated carbocycles. The number of benzene rings is 1. The van der Waals surface area contributed by atoms with Crippen molar-refractivity contribution in [1.29, 1.82) is 0 Å². The molecule has 2 aromatic rings. The van der Waals surface area contributed by atoms with Crippen LogP contribution in [0.2, 0.25) is 0 Å². The molecule has 0 unspecified atom stereocenters. The molecule has 92 valence electrons. The standard InChI is InChI=1S/C12H9NO5/c14-12(15)9-4-11(18-13-9)7-1-2-10-8(3-7)5-16-6-17-10/h1-4H,5-6H2,(H,14,15). The lowest BCUT2D eigenvalue weighted by molar-refractivity contribution is -0.0163. The molecule has 2 heterocycles. The van der Waals surface area contributed by atoms with Crippen LogP contribution >= 0.6 is 0 Å². The minimum absolute atomic E-state index is 0.116. The van der Waals surface area contributed by atoms with E-state index in [2.05, 4.69) is 5.16 Å². The number of hydrogen-bond donors (Lipinski definition) is 1. The first-order chi connectivity index (χ1) is 8.74. The molecule has 0 atom stereocenters. The van der Waals surface area contributed by atoms with Crippen molar-refractivity contribution >= 4 is 5.97 Å². The van der Waals surface area contributed by atoms with Crippen LogP contribution in [0.1, 0.15) is 16.1 Å². The number of nitrogens with zero attached hydrogens (tertiary/aromatic N) is 1. The third kappa shape index (κ3) is 1.82. The third-order valence-electron chi connectivity index (χ3n) is 2.63. The van der Waals surface area contributed by atoms with E-state index in [1.54, 1.807) is 12.1 Å². The van der Waals surface area contributed by atoms with Gasteiger partial charge in [-0.2, -0.15) is 0 Å². The lowest BCUT2D eigenvalue weighted by atomic mass is 10.1. The molecule has 1 aromatic heterocycles. The summed E-state index contributed by atoms with van der Waals surface area (Å²) in [5, 5.41) is 12.2. The van der Waals surface area contributed by atoms with Gasteiger partial charge in [-0.3, -0.25) is 0 Å². The van der Waals surface area contributed by atoms with Crippen LogP contribution in [0.3, 0.4) is 0 Å². The molecule has 0 fully saturated rings. The molecule has 1 aliphatic heterocycles. The Morgan fingerprint density at radius 2 is 2.22 bits per heavy atom. The highest BCUT2D eigenvalue weighted by atomic mass is 16.7. The van der Waals surface area contributed by atoms with Gasteiger partial charge >= 0.3 is 5.97 Å². The summed E-state index contributed by atoms with van der Waals surface area (Å²) in [6.45, 7) is 0.709. The van der Waals surface area contributed by atoms with Gasteiger partial charge in [0.2, 0.25) is 0 Å². The van der Waals surface area contributed by atoms with Crippen molar-refractivity contribution in [1.82, 2.24) is 5.16 Å². The summed E-state index contributed by atoms with van der Waals surface area (Å²) in [5.74, 6) is 0.0540. The monoisotopic (exact) mass is 247 g/mol. The second kappa shape index (κ2) is 4.15. The average Bonchev–Trinajstić information content (AvgIpc) is 2.88. The number of carboxylic acids is 1. The Balaban J connectivity index is 1.98. The van der Waals surface area contributed by atoms with Crippen molar-refractivity contribution in [2.75, 3.05) is 6.79 Å². The highest BCUT2D eigenvalue weighted by molar-refractivity contribution is 5.86. The molecule has 0 aliphatic carbocycles. The van der Waals surface area contributed by atoms with E-state index in [4.69, 9.17) is 19.1 Å². The van der Waals surface area contributed by atoms with E-state index in [0.29, 0.717) is 12.4 Å². The maximum Gasteiger partial charge on any atom is 0.358 e. The van der Waals surface area contributed by atoms with Crippen molar-refractivity contribution in [3.8, 4) is 17.1 Å². The molecule has 0 saturated heterocycles. The fourth-order valence-electron chi connectivity index (χ4n) is 1.76. The summed E-state index contributed by atoms with van der Waals surface area (Å²) in [5.41, 5.74) is 1.52. The number of hydrogen-bond acceptors (Lipinski definition) is 5. The third-order valence-corrected chi connectivity index (χ3v) is 2.63. The summed E-state index contributed by atoms with van der Waals surface area (Å²) < 4.78 is 15.5. The number of fused-ring (bicyclic) bond motifs is 1. The van der Waals surface area contributed by atoms with Gasteiger partial charge in [0, 0.05) is 17.2 Å². The van der Waals surface area contributed by atoms with E-state index in [-0.39, 0.29) is 12.5 Å². The molecule has 0 spiro atoms. The summed E-state index contributed by atoms with van der Waals surface area (Å²) in [6, 6.07) is 6.81. The van der Waals surface area contributed by atoms with Gasteiger partial charge in [0.25, 0.3) is 0 Å². The minimum atomic E-state index is -1.12. The van der Waals surface area contributed by atoms with Crippen LogP contribution in [0.15, 0.2) is 28.8 Å². The van der Waals surface area contributed by atoms with Gasteiger partial charge in [-0.1, -0.05) is 5.16 Å². The second-order valence-electron chi connectivity index (χ2n) is 3.81. The van der Waals surface area contributed by atoms with Crippen LogP contribution < -0.4 is 4.74 Å². The number of carbonyl (C=O) groups is 1. The predicted molar refractivity (Wildman–Crippen MR) is 59.2 cm³/mol. The van der Waals surface area contributed by atoms with Gasteiger partial charge < -0.3 is 19.1 Å². The molecular weight excluding hydrogens is 238 g/mol. The fraction of sp³-hybridized carbons (Fsp3) is 0.167. The van der Waals surface area contributed by atoms with Gasteiger partial charge in [-0.15, -0.1) is 0 Å². The Kier molecular flexibility index (Phi) is 2.49. The van der Waals surface area contributed by atoms with Gasteiger partial charge in [0.1, 0.15) is 5.75 Å². The van der Waals surface area contributed by atoms with Crippen LogP contribution in [-0.4, -0.2) is 23.0 Å². The molecule has 0 amide bonds. The number of rotatable bonds is 2.